The summed E-state index contributed by atoms with van der Waals surface area (Å²) in [5.74, 6) is 0.234. The van der Waals surface area contributed by atoms with Crippen molar-refractivity contribution < 1.29 is 4.79 Å². The molecule has 1 amide bonds. The molecule has 8 heteroatoms. The number of carbonyl (C=O) groups is 1. The number of carbonyl (C=O) groups excluding carboxylic acids is 1. The first kappa shape index (κ1) is 11.2. The Morgan fingerprint density at radius 1 is 1.53 bits per heavy atom. The van der Waals surface area contributed by atoms with Gasteiger partial charge in [0.05, 0.1) is 12.4 Å². The number of anilines is 1. The number of rotatable bonds is 4. The van der Waals surface area contributed by atoms with Crippen molar-refractivity contribution in [1.29, 1.82) is 0 Å². The maximum absolute atomic E-state index is 10.9. The standard InChI is InChI=1S/C9H13N7O/c1-9(2,3-6(10)17)12-7-4-11-5-8-13-14-15-16(7)8/h4-5,12H,3H2,1-2H3,(H2,10,17). The number of hydrogen-bond acceptors (Lipinski definition) is 6. The summed E-state index contributed by atoms with van der Waals surface area (Å²) in [6, 6.07) is 0. The van der Waals surface area contributed by atoms with Gasteiger partial charge in [0.25, 0.3) is 0 Å². The third kappa shape index (κ3) is 2.47. The van der Waals surface area contributed by atoms with Crippen LogP contribution in [0.3, 0.4) is 0 Å². The Kier molecular flexibility index (Phi) is 2.62. The average molecular weight is 235 g/mol. The molecule has 2 rings (SSSR count). The van der Waals surface area contributed by atoms with Gasteiger partial charge in [0.2, 0.25) is 5.91 Å². The fourth-order valence-corrected chi connectivity index (χ4v) is 1.59. The fraction of sp³-hybridized carbons (Fsp3) is 0.444. The van der Waals surface area contributed by atoms with Gasteiger partial charge in [0, 0.05) is 12.0 Å². The maximum atomic E-state index is 10.9. The van der Waals surface area contributed by atoms with E-state index in [1.54, 1.807) is 12.4 Å². The lowest BCUT2D eigenvalue weighted by molar-refractivity contribution is -0.118. The minimum atomic E-state index is -0.492. The van der Waals surface area contributed by atoms with Crippen LogP contribution in [0.15, 0.2) is 12.4 Å². The zero-order valence-corrected chi connectivity index (χ0v) is 9.58. The Hall–Kier alpha value is -2.25. The molecule has 0 aromatic carbocycles. The first-order valence-electron chi connectivity index (χ1n) is 5.06. The molecule has 0 aliphatic heterocycles. The van der Waals surface area contributed by atoms with Gasteiger partial charge in [-0.2, -0.15) is 4.52 Å². The highest BCUT2D eigenvalue weighted by Gasteiger charge is 2.21. The van der Waals surface area contributed by atoms with E-state index >= 15 is 0 Å². The first-order valence-corrected chi connectivity index (χ1v) is 5.06. The normalized spacial score (nSPS) is 11.6. The molecular formula is C9H13N7O. The molecule has 2 heterocycles. The summed E-state index contributed by atoms with van der Waals surface area (Å²) in [4.78, 5) is 14.9. The lowest BCUT2D eigenvalue weighted by Crippen LogP contribution is -2.36. The van der Waals surface area contributed by atoms with Crippen molar-refractivity contribution in [1.82, 2.24) is 25.0 Å². The van der Waals surface area contributed by atoms with Crippen molar-refractivity contribution in [2.45, 2.75) is 25.8 Å². The van der Waals surface area contributed by atoms with Gasteiger partial charge in [-0.05, 0) is 24.3 Å². The maximum Gasteiger partial charge on any atom is 0.219 e. The van der Waals surface area contributed by atoms with Crippen molar-refractivity contribution in [3.8, 4) is 0 Å². The van der Waals surface area contributed by atoms with Crippen molar-refractivity contribution in [2.75, 3.05) is 5.32 Å². The second-order valence-electron chi connectivity index (χ2n) is 4.39. The minimum Gasteiger partial charge on any atom is -0.370 e. The van der Waals surface area contributed by atoms with Crippen LogP contribution < -0.4 is 11.1 Å². The van der Waals surface area contributed by atoms with Crippen molar-refractivity contribution in [3.63, 3.8) is 0 Å². The molecule has 0 spiro atoms. The van der Waals surface area contributed by atoms with Crippen LogP contribution in [0.5, 0.6) is 0 Å². The number of aromatic nitrogens is 5. The van der Waals surface area contributed by atoms with Gasteiger partial charge >= 0.3 is 0 Å². The van der Waals surface area contributed by atoms with E-state index in [1.165, 1.54) is 4.52 Å². The third-order valence-corrected chi connectivity index (χ3v) is 2.19. The molecule has 3 N–H and O–H groups in total. The number of tetrazole rings is 1. The smallest absolute Gasteiger partial charge is 0.219 e. The molecule has 0 unspecified atom stereocenters. The lowest BCUT2D eigenvalue weighted by Gasteiger charge is -2.25. The number of primary amides is 1. The second kappa shape index (κ2) is 3.96. The molecule has 0 fully saturated rings. The van der Waals surface area contributed by atoms with E-state index < -0.39 is 5.54 Å². The number of amides is 1. The minimum absolute atomic E-state index is 0.200. The van der Waals surface area contributed by atoms with Crippen molar-refractivity contribution in [3.05, 3.63) is 12.4 Å². The van der Waals surface area contributed by atoms with E-state index in [0.717, 1.165) is 0 Å². The molecular weight excluding hydrogens is 222 g/mol. The van der Waals surface area contributed by atoms with Crippen LogP contribution >= 0.6 is 0 Å². The summed E-state index contributed by atoms with van der Waals surface area (Å²) in [5, 5.41) is 14.3. The monoisotopic (exact) mass is 235 g/mol. The SMILES string of the molecule is CC(C)(CC(N)=O)Nc1cncc2nnnn12. The highest BCUT2D eigenvalue weighted by atomic mass is 16.1. The summed E-state index contributed by atoms with van der Waals surface area (Å²) in [6.07, 6.45) is 3.34. The zero-order chi connectivity index (χ0) is 12.5. The molecule has 90 valence electrons. The Balaban J connectivity index is 2.29. The van der Waals surface area contributed by atoms with Crippen LogP contribution in [0.25, 0.3) is 5.65 Å². The third-order valence-electron chi connectivity index (χ3n) is 2.19. The van der Waals surface area contributed by atoms with Crippen LogP contribution in [0.1, 0.15) is 20.3 Å². The van der Waals surface area contributed by atoms with Crippen LogP contribution in [-0.2, 0) is 4.79 Å². The van der Waals surface area contributed by atoms with E-state index in [0.29, 0.717) is 11.5 Å². The van der Waals surface area contributed by atoms with Gasteiger partial charge < -0.3 is 11.1 Å². The zero-order valence-electron chi connectivity index (χ0n) is 9.58. The van der Waals surface area contributed by atoms with Crippen LogP contribution in [-0.4, -0.2) is 36.5 Å². The van der Waals surface area contributed by atoms with Gasteiger partial charge in [-0.1, -0.05) is 0 Å². The van der Waals surface area contributed by atoms with E-state index in [9.17, 15) is 4.79 Å². The quantitative estimate of drug-likeness (QED) is 0.744. The largest absolute Gasteiger partial charge is 0.370 e. The summed E-state index contributed by atoms with van der Waals surface area (Å²) in [7, 11) is 0. The van der Waals surface area contributed by atoms with Crippen LogP contribution in [0, 0.1) is 0 Å². The Labute approximate surface area is 97.2 Å². The lowest BCUT2D eigenvalue weighted by atomic mass is 10.0. The topological polar surface area (TPSA) is 111 Å². The van der Waals surface area contributed by atoms with Gasteiger partial charge in [-0.3, -0.25) is 9.78 Å². The highest BCUT2D eigenvalue weighted by molar-refractivity contribution is 5.75. The van der Waals surface area contributed by atoms with Crippen molar-refractivity contribution in [2.24, 2.45) is 5.73 Å². The molecule has 0 aliphatic rings. The number of nitrogens with zero attached hydrogens (tertiary/aromatic N) is 5. The first-order chi connectivity index (χ1) is 7.98. The van der Waals surface area contributed by atoms with Gasteiger partial charge in [-0.25, -0.2) is 0 Å². The van der Waals surface area contributed by atoms with E-state index in [-0.39, 0.29) is 12.3 Å². The van der Waals surface area contributed by atoms with Crippen LogP contribution in [0.2, 0.25) is 0 Å². The number of fused-ring (bicyclic) bond motifs is 1. The average Bonchev–Trinajstić information content (AvgIpc) is 2.63. The number of nitrogens with two attached hydrogens (primary N) is 1. The van der Waals surface area contributed by atoms with Crippen LogP contribution in [0.4, 0.5) is 5.82 Å². The summed E-state index contributed by atoms with van der Waals surface area (Å²) in [6.45, 7) is 3.72. The summed E-state index contributed by atoms with van der Waals surface area (Å²) >= 11 is 0. The van der Waals surface area contributed by atoms with Crippen molar-refractivity contribution >= 4 is 17.4 Å². The fourth-order valence-electron chi connectivity index (χ4n) is 1.59. The molecule has 2 aromatic heterocycles. The van der Waals surface area contributed by atoms with Gasteiger partial charge in [0.15, 0.2) is 11.5 Å². The summed E-state index contributed by atoms with van der Waals surface area (Å²) in [5.41, 5.74) is 5.22. The molecule has 17 heavy (non-hydrogen) atoms. The van der Waals surface area contributed by atoms with E-state index in [2.05, 4.69) is 25.8 Å². The molecule has 8 nitrogen and oxygen atoms in total. The molecule has 0 aliphatic carbocycles. The van der Waals surface area contributed by atoms with E-state index in [1.807, 2.05) is 13.8 Å². The molecule has 0 radical (unpaired) electrons. The predicted molar refractivity (Wildman–Crippen MR) is 60.1 cm³/mol. The molecule has 2 aromatic rings. The summed E-state index contributed by atoms with van der Waals surface area (Å²) < 4.78 is 1.51. The Bertz CT molecular complexity index is 547. The molecule has 0 bridgehead atoms. The molecule has 0 saturated heterocycles. The van der Waals surface area contributed by atoms with Gasteiger partial charge in [0.1, 0.15) is 0 Å². The molecule has 0 saturated carbocycles. The molecule has 0 atom stereocenters. The van der Waals surface area contributed by atoms with E-state index in [4.69, 9.17) is 5.73 Å². The Morgan fingerprint density at radius 2 is 2.29 bits per heavy atom. The number of nitrogens with one attached hydrogen (secondary N) is 1. The Morgan fingerprint density at radius 3 is 3.00 bits per heavy atom. The van der Waals surface area contributed by atoms with Gasteiger partial charge in [-0.15, -0.1) is 5.10 Å². The highest BCUT2D eigenvalue weighted by Crippen LogP contribution is 2.16. The predicted octanol–water partition coefficient (Wildman–Crippen LogP) is -0.415. The second-order valence-corrected chi connectivity index (χ2v) is 4.39. The number of hydrogen-bond donors (Lipinski definition) is 2.